The Kier molecular flexibility index (Phi) is 12.7. The van der Waals surface area contributed by atoms with E-state index in [2.05, 4.69) is 36.6 Å². The summed E-state index contributed by atoms with van der Waals surface area (Å²) in [5.41, 5.74) is 9.09. The summed E-state index contributed by atoms with van der Waals surface area (Å²) in [7, 11) is 2.05. The van der Waals surface area contributed by atoms with Crippen LogP contribution in [0.4, 0.5) is 0 Å². The highest BCUT2D eigenvalue weighted by molar-refractivity contribution is 7.07. The number of nitrogens with two attached hydrogens (primary N) is 1. The van der Waals surface area contributed by atoms with Crippen molar-refractivity contribution >= 4 is 11.3 Å². The Balaban J connectivity index is 0.000000360. The molecular formula is C17H35N3OS. The molecule has 22 heavy (non-hydrogen) atoms. The van der Waals surface area contributed by atoms with Crippen molar-refractivity contribution in [3.63, 3.8) is 0 Å². The highest BCUT2D eigenvalue weighted by Crippen LogP contribution is 2.22. The minimum atomic E-state index is 0.280. The van der Waals surface area contributed by atoms with Gasteiger partial charge in [0.15, 0.2) is 0 Å². The summed E-state index contributed by atoms with van der Waals surface area (Å²) in [5.74, 6) is 0. The standard InChI is InChI=1S/C8H17NO.C7H12N2S.C2H6/c1-3-8(9-2)4-6-10-7-5-8;1-2-6(8)3-7-4-10-5-9-7;1-2/h9H,3-7H2,1-2H3;4-6H,2-3,8H2,1H3;1-2H3. The number of ether oxygens (including phenoxy) is 1. The maximum absolute atomic E-state index is 5.73. The zero-order chi connectivity index (χ0) is 16.8. The molecule has 2 rings (SSSR count). The van der Waals surface area contributed by atoms with Crippen LogP contribution >= 0.6 is 11.3 Å². The van der Waals surface area contributed by atoms with Crippen LogP contribution in [0.15, 0.2) is 10.9 Å². The molecule has 0 bridgehead atoms. The SMILES string of the molecule is CC.CCC(N)Cc1cscn1.CCC1(NC)CCOCC1. The third kappa shape index (κ3) is 8.22. The van der Waals surface area contributed by atoms with Gasteiger partial charge < -0.3 is 15.8 Å². The van der Waals surface area contributed by atoms with Gasteiger partial charge in [0.25, 0.3) is 0 Å². The molecular weight excluding hydrogens is 294 g/mol. The van der Waals surface area contributed by atoms with E-state index in [9.17, 15) is 0 Å². The molecule has 1 saturated heterocycles. The van der Waals surface area contributed by atoms with Crippen molar-refractivity contribution in [1.29, 1.82) is 0 Å². The van der Waals surface area contributed by atoms with Crippen molar-refractivity contribution in [1.82, 2.24) is 10.3 Å². The first-order valence-electron chi connectivity index (χ1n) is 8.55. The molecule has 1 aliphatic rings. The first kappa shape index (κ1) is 21.5. The Hall–Kier alpha value is -0.490. The van der Waals surface area contributed by atoms with Gasteiger partial charge in [-0.1, -0.05) is 27.7 Å². The molecule has 0 aromatic carbocycles. The van der Waals surface area contributed by atoms with Crippen LogP contribution in [0, 0.1) is 0 Å². The van der Waals surface area contributed by atoms with Gasteiger partial charge >= 0.3 is 0 Å². The summed E-state index contributed by atoms with van der Waals surface area (Å²) in [6.07, 6.45) is 5.49. The smallest absolute Gasteiger partial charge is 0.0794 e. The van der Waals surface area contributed by atoms with Crippen LogP contribution in [-0.4, -0.2) is 36.8 Å². The monoisotopic (exact) mass is 329 g/mol. The van der Waals surface area contributed by atoms with Crippen molar-refractivity contribution in [2.45, 2.75) is 71.4 Å². The Morgan fingerprint density at radius 2 is 2.00 bits per heavy atom. The van der Waals surface area contributed by atoms with E-state index in [1.165, 1.54) is 19.3 Å². The van der Waals surface area contributed by atoms with Gasteiger partial charge in [-0.25, -0.2) is 4.98 Å². The Morgan fingerprint density at radius 1 is 1.36 bits per heavy atom. The second-order valence-corrected chi connectivity index (χ2v) is 6.07. The first-order valence-corrected chi connectivity index (χ1v) is 9.49. The summed E-state index contributed by atoms with van der Waals surface area (Å²) < 4.78 is 5.29. The van der Waals surface area contributed by atoms with Crippen LogP contribution in [0.3, 0.4) is 0 Å². The quantitative estimate of drug-likeness (QED) is 0.866. The molecule has 1 fully saturated rings. The van der Waals surface area contributed by atoms with Crippen LogP contribution in [0.1, 0.15) is 59.1 Å². The molecule has 3 N–H and O–H groups in total. The molecule has 1 unspecified atom stereocenters. The number of hydrogen-bond donors (Lipinski definition) is 2. The third-order valence-corrected chi connectivity index (χ3v) is 4.77. The Bertz CT molecular complexity index is 332. The number of thiazole rings is 1. The number of hydrogen-bond acceptors (Lipinski definition) is 5. The van der Waals surface area contributed by atoms with Gasteiger partial charge in [-0.05, 0) is 32.7 Å². The summed E-state index contributed by atoms with van der Waals surface area (Å²) in [6, 6.07) is 0.280. The summed E-state index contributed by atoms with van der Waals surface area (Å²) >= 11 is 1.63. The molecule has 1 aromatic heterocycles. The van der Waals surface area contributed by atoms with Crippen molar-refractivity contribution in [3.05, 3.63) is 16.6 Å². The number of nitrogens with one attached hydrogen (secondary N) is 1. The van der Waals surface area contributed by atoms with Crippen LogP contribution in [-0.2, 0) is 11.2 Å². The average molecular weight is 330 g/mol. The maximum atomic E-state index is 5.73. The average Bonchev–Trinajstić information content (AvgIpc) is 3.10. The largest absolute Gasteiger partial charge is 0.381 e. The van der Waals surface area contributed by atoms with Crippen LogP contribution in [0.2, 0.25) is 0 Å². The van der Waals surface area contributed by atoms with Crippen molar-refractivity contribution in [2.75, 3.05) is 20.3 Å². The lowest BCUT2D eigenvalue weighted by atomic mass is 9.88. The molecule has 1 aliphatic heterocycles. The summed E-state index contributed by atoms with van der Waals surface area (Å²) in [4.78, 5) is 4.14. The van der Waals surface area contributed by atoms with E-state index in [1.807, 2.05) is 19.4 Å². The summed E-state index contributed by atoms with van der Waals surface area (Å²) in [5, 5.41) is 5.44. The van der Waals surface area contributed by atoms with Crippen LogP contribution in [0.5, 0.6) is 0 Å². The van der Waals surface area contributed by atoms with E-state index in [0.29, 0.717) is 5.54 Å². The van der Waals surface area contributed by atoms with E-state index in [0.717, 1.165) is 31.7 Å². The van der Waals surface area contributed by atoms with Crippen LogP contribution < -0.4 is 11.1 Å². The molecule has 5 heteroatoms. The molecule has 130 valence electrons. The summed E-state index contributed by atoms with van der Waals surface area (Å²) in [6.45, 7) is 10.2. The van der Waals surface area contributed by atoms with E-state index >= 15 is 0 Å². The molecule has 0 saturated carbocycles. The van der Waals surface area contributed by atoms with E-state index in [1.54, 1.807) is 11.3 Å². The van der Waals surface area contributed by atoms with Gasteiger partial charge in [0.1, 0.15) is 0 Å². The fourth-order valence-corrected chi connectivity index (χ4v) is 2.87. The molecule has 0 radical (unpaired) electrons. The topological polar surface area (TPSA) is 60.2 Å². The molecule has 4 nitrogen and oxygen atoms in total. The van der Waals surface area contributed by atoms with Crippen molar-refractivity contribution in [2.24, 2.45) is 5.73 Å². The first-order chi connectivity index (χ1) is 10.7. The maximum Gasteiger partial charge on any atom is 0.0794 e. The van der Waals surface area contributed by atoms with Crippen molar-refractivity contribution < 1.29 is 4.74 Å². The van der Waals surface area contributed by atoms with Gasteiger partial charge in [0.2, 0.25) is 0 Å². The fraction of sp³-hybridized carbons (Fsp3) is 0.824. The highest BCUT2D eigenvalue weighted by atomic mass is 32.1. The van der Waals surface area contributed by atoms with Gasteiger partial charge in [-0.2, -0.15) is 0 Å². The molecule has 2 heterocycles. The molecule has 0 amide bonds. The second kappa shape index (κ2) is 13.0. The highest BCUT2D eigenvalue weighted by Gasteiger charge is 2.28. The minimum Gasteiger partial charge on any atom is -0.381 e. The lowest BCUT2D eigenvalue weighted by Gasteiger charge is -2.36. The molecule has 1 aromatic rings. The molecule has 0 aliphatic carbocycles. The van der Waals surface area contributed by atoms with Gasteiger partial charge in [-0.3, -0.25) is 0 Å². The van der Waals surface area contributed by atoms with E-state index in [-0.39, 0.29) is 6.04 Å². The van der Waals surface area contributed by atoms with Gasteiger partial charge in [0, 0.05) is 36.6 Å². The van der Waals surface area contributed by atoms with Gasteiger partial charge in [-0.15, -0.1) is 11.3 Å². The fourth-order valence-electron chi connectivity index (χ4n) is 2.29. The predicted octanol–water partition coefficient (Wildman–Crippen LogP) is 3.61. The lowest BCUT2D eigenvalue weighted by molar-refractivity contribution is 0.0397. The Labute approximate surface area is 140 Å². The molecule has 1 atom stereocenters. The predicted molar refractivity (Wildman–Crippen MR) is 97.6 cm³/mol. The minimum absolute atomic E-state index is 0.280. The molecule has 0 spiro atoms. The van der Waals surface area contributed by atoms with E-state index < -0.39 is 0 Å². The lowest BCUT2D eigenvalue weighted by Crippen LogP contribution is -2.46. The number of aromatic nitrogens is 1. The third-order valence-electron chi connectivity index (χ3n) is 4.14. The second-order valence-electron chi connectivity index (χ2n) is 5.35. The number of rotatable bonds is 5. The Morgan fingerprint density at radius 3 is 2.36 bits per heavy atom. The zero-order valence-corrected chi connectivity index (χ0v) is 15.8. The van der Waals surface area contributed by atoms with Crippen LogP contribution in [0.25, 0.3) is 0 Å². The number of nitrogens with zero attached hydrogens (tertiary/aromatic N) is 1. The normalized spacial score (nSPS) is 17.5. The van der Waals surface area contributed by atoms with Crippen molar-refractivity contribution in [3.8, 4) is 0 Å². The zero-order valence-electron chi connectivity index (χ0n) is 15.0. The van der Waals surface area contributed by atoms with E-state index in [4.69, 9.17) is 10.5 Å². The van der Waals surface area contributed by atoms with Gasteiger partial charge in [0.05, 0.1) is 11.2 Å².